The Kier molecular flexibility index (Phi) is 5.20. The van der Waals surface area contributed by atoms with Gasteiger partial charge in [0.2, 0.25) is 10.0 Å². The van der Waals surface area contributed by atoms with Gasteiger partial charge in [0.15, 0.2) is 0 Å². The van der Waals surface area contributed by atoms with E-state index in [1.807, 2.05) is 0 Å². The Morgan fingerprint density at radius 1 is 1.50 bits per heavy atom. The Labute approximate surface area is 106 Å². The second-order valence-electron chi connectivity index (χ2n) is 3.60. The first-order valence-electron chi connectivity index (χ1n) is 4.95. The van der Waals surface area contributed by atoms with Crippen LogP contribution < -0.4 is 10.0 Å². The van der Waals surface area contributed by atoms with E-state index >= 15 is 0 Å². The minimum atomic E-state index is -3.29. The molecule has 0 amide bonds. The summed E-state index contributed by atoms with van der Waals surface area (Å²) in [6.07, 6.45) is 1.94. The molecule has 16 heavy (non-hydrogen) atoms. The zero-order valence-corrected chi connectivity index (χ0v) is 11.1. The van der Waals surface area contributed by atoms with Crippen LogP contribution in [0.15, 0.2) is 21.7 Å². The van der Waals surface area contributed by atoms with Crippen LogP contribution in [0.3, 0.4) is 0 Å². The monoisotopic (exact) mass is 282 g/mol. The molecule has 2 heterocycles. The van der Waals surface area contributed by atoms with Gasteiger partial charge in [0.05, 0.1) is 0 Å². The van der Waals surface area contributed by atoms with Crippen molar-refractivity contribution in [3.05, 3.63) is 17.5 Å². The molecule has 0 saturated carbocycles. The Bertz CT molecular complexity index is 399. The first-order chi connectivity index (χ1) is 7.18. The molecule has 1 unspecified atom stereocenters. The van der Waals surface area contributed by atoms with Crippen molar-refractivity contribution in [1.29, 1.82) is 0 Å². The minimum absolute atomic E-state index is 0. The van der Waals surface area contributed by atoms with Gasteiger partial charge < -0.3 is 5.32 Å². The van der Waals surface area contributed by atoms with Crippen LogP contribution in [0.1, 0.15) is 12.8 Å². The zero-order chi connectivity index (χ0) is 10.7. The summed E-state index contributed by atoms with van der Waals surface area (Å²) < 4.78 is 26.8. The number of nitrogens with one attached hydrogen (secondary N) is 2. The van der Waals surface area contributed by atoms with E-state index in [0.717, 1.165) is 25.9 Å². The summed E-state index contributed by atoms with van der Waals surface area (Å²) in [5.74, 6) is 0. The lowest BCUT2D eigenvalue weighted by Crippen LogP contribution is -2.45. The number of thiophene rings is 1. The van der Waals surface area contributed by atoms with Crippen LogP contribution in [0.5, 0.6) is 0 Å². The molecular formula is C9H15ClN2O2S2. The molecule has 0 spiro atoms. The molecule has 2 rings (SSSR count). The summed E-state index contributed by atoms with van der Waals surface area (Å²) in [6, 6.07) is 3.41. The third-order valence-electron chi connectivity index (χ3n) is 2.38. The maximum absolute atomic E-state index is 11.8. The molecule has 1 aromatic heterocycles. The maximum Gasteiger partial charge on any atom is 0.250 e. The number of hydrogen-bond donors (Lipinski definition) is 2. The molecule has 1 aromatic rings. The molecule has 2 N–H and O–H groups in total. The fraction of sp³-hybridized carbons (Fsp3) is 0.556. The van der Waals surface area contributed by atoms with Crippen molar-refractivity contribution in [2.75, 3.05) is 13.1 Å². The Morgan fingerprint density at radius 3 is 2.88 bits per heavy atom. The largest absolute Gasteiger partial charge is 0.315 e. The van der Waals surface area contributed by atoms with Crippen LogP contribution in [0.2, 0.25) is 0 Å². The molecule has 92 valence electrons. The second-order valence-corrected chi connectivity index (χ2v) is 6.49. The van der Waals surface area contributed by atoms with Gasteiger partial charge in [-0.15, -0.1) is 23.7 Å². The standard InChI is InChI=1S/C9H14N2O2S2.ClH/c12-15(13,9-4-2-6-14-9)11-8-3-1-5-10-7-8;/h2,4,6,8,10-11H,1,3,5,7H2;1H. The summed E-state index contributed by atoms with van der Waals surface area (Å²) >= 11 is 1.25. The zero-order valence-electron chi connectivity index (χ0n) is 8.68. The van der Waals surface area contributed by atoms with Crippen molar-refractivity contribution in [2.24, 2.45) is 0 Å². The highest BCUT2D eigenvalue weighted by atomic mass is 35.5. The van der Waals surface area contributed by atoms with E-state index in [2.05, 4.69) is 10.0 Å². The molecule has 4 nitrogen and oxygen atoms in total. The summed E-state index contributed by atoms with van der Waals surface area (Å²) in [6.45, 7) is 1.71. The number of halogens is 1. The predicted molar refractivity (Wildman–Crippen MR) is 67.8 cm³/mol. The lowest BCUT2D eigenvalue weighted by molar-refractivity contribution is 0.429. The van der Waals surface area contributed by atoms with E-state index in [1.54, 1.807) is 17.5 Å². The topological polar surface area (TPSA) is 58.2 Å². The average molecular weight is 283 g/mol. The highest BCUT2D eigenvalue weighted by molar-refractivity contribution is 7.91. The predicted octanol–water partition coefficient (Wildman–Crippen LogP) is 1.20. The lowest BCUT2D eigenvalue weighted by Gasteiger charge is -2.23. The Balaban J connectivity index is 0.00000128. The number of rotatable bonds is 3. The molecule has 0 radical (unpaired) electrons. The van der Waals surface area contributed by atoms with Crippen LogP contribution in [0.4, 0.5) is 0 Å². The van der Waals surface area contributed by atoms with Crippen molar-refractivity contribution in [3.8, 4) is 0 Å². The third kappa shape index (κ3) is 3.43. The van der Waals surface area contributed by atoms with Gasteiger partial charge in [-0.05, 0) is 30.8 Å². The molecule has 0 aliphatic carbocycles. The molecule has 1 saturated heterocycles. The highest BCUT2D eigenvalue weighted by Crippen LogP contribution is 2.16. The maximum atomic E-state index is 11.8. The van der Waals surface area contributed by atoms with Gasteiger partial charge >= 0.3 is 0 Å². The van der Waals surface area contributed by atoms with Gasteiger partial charge in [-0.3, -0.25) is 0 Å². The summed E-state index contributed by atoms with van der Waals surface area (Å²) in [5, 5.41) is 4.95. The third-order valence-corrected chi connectivity index (χ3v) is 5.30. The van der Waals surface area contributed by atoms with Crippen LogP contribution in [0.25, 0.3) is 0 Å². The summed E-state index contributed by atoms with van der Waals surface area (Å²) in [5.41, 5.74) is 0. The molecule has 1 atom stereocenters. The quantitative estimate of drug-likeness (QED) is 0.876. The first-order valence-corrected chi connectivity index (χ1v) is 7.31. The summed E-state index contributed by atoms with van der Waals surface area (Å²) in [4.78, 5) is 0. The van der Waals surface area contributed by atoms with Crippen molar-refractivity contribution >= 4 is 33.8 Å². The molecular weight excluding hydrogens is 268 g/mol. The Morgan fingerprint density at radius 2 is 2.31 bits per heavy atom. The van der Waals surface area contributed by atoms with Crippen molar-refractivity contribution in [2.45, 2.75) is 23.1 Å². The molecule has 1 aliphatic heterocycles. The number of hydrogen-bond acceptors (Lipinski definition) is 4. The highest BCUT2D eigenvalue weighted by Gasteiger charge is 2.21. The van der Waals surface area contributed by atoms with Crippen LogP contribution >= 0.6 is 23.7 Å². The van der Waals surface area contributed by atoms with Crippen molar-refractivity contribution in [3.63, 3.8) is 0 Å². The van der Waals surface area contributed by atoms with E-state index in [1.165, 1.54) is 11.3 Å². The Hall–Kier alpha value is -0.140. The lowest BCUT2D eigenvalue weighted by atomic mass is 10.1. The first kappa shape index (κ1) is 13.9. The van der Waals surface area contributed by atoms with Crippen molar-refractivity contribution in [1.82, 2.24) is 10.0 Å². The van der Waals surface area contributed by atoms with E-state index in [-0.39, 0.29) is 18.4 Å². The number of piperidine rings is 1. The molecule has 1 aliphatic rings. The molecule has 0 bridgehead atoms. The smallest absolute Gasteiger partial charge is 0.250 e. The normalized spacial score (nSPS) is 21.4. The van der Waals surface area contributed by atoms with Crippen LogP contribution in [0, 0.1) is 0 Å². The van der Waals surface area contributed by atoms with Gasteiger partial charge in [-0.25, -0.2) is 13.1 Å². The molecule has 7 heteroatoms. The van der Waals surface area contributed by atoms with Gasteiger partial charge in [-0.2, -0.15) is 0 Å². The fourth-order valence-corrected chi connectivity index (χ4v) is 3.93. The van der Waals surface area contributed by atoms with Crippen molar-refractivity contribution < 1.29 is 8.42 Å². The van der Waals surface area contributed by atoms with Gasteiger partial charge in [0.1, 0.15) is 4.21 Å². The molecule has 0 aromatic carbocycles. The van der Waals surface area contributed by atoms with E-state index in [4.69, 9.17) is 0 Å². The van der Waals surface area contributed by atoms with E-state index in [9.17, 15) is 8.42 Å². The number of sulfonamides is 1. The molecule has 1 fully saturated rings. The van der Waals surface area contributed by atoms with E-state index in [0.29, 0.717) is 4.21 Å². The van der Waals surface area contributed by atoms with Gasteiger partial charge in [0.25, 0.3) is 0 Å². The van der Waals surface area contributed by atoms with E-state index < -0.39 is 10.0 Å². The van der Waals surface area contributed by atoms with Crippen LogP contribution in [-0.2, 0) is 10.0 Å². The summed E-state index contributed by atoms with van der Waals surface area (Å²) in [7, 11) is -3.29. The SMILES string of the molecule is Cl.O=S(=O)(NC1CCCNC1)c1cccs1. The minimum Gasteiger partial charge on any atom is -0.315 e. The second kappa shape index (κ2) is 5.97. The van der Waals surface area contributed by atoms with Crippen LogP contribution in [-0.4, -0.2) is 27.5 Å². The van der Waals surface area contributed by atoms with Gasteiger partial charge in [0, 0.05) is 12.6 Å². The fourth-order valence-electron chi connectivity index (χ4n) is 1.65. The average Bonchev–Trinajstić information content (AvgIpc) is 2.71. The van der Waals surface area contributed by atoms with Gasteiger partial charge in [-0.1, -0.05) is 6.07 Å².